The van der Waals surface area contributed by atoms with Gasteiger partial charge in [-0.25, -0.2) is 0 Å². The van der Waals surface area contributed by atoms with Crippen LogP contribution in [0, 0.1) is 12.8 Å². The minimum atomic E-state index is -0.792. The number of halogens is 1. The average molecular weight is 271 g/mol. The standard InChI is InChI=1S/C14H19ClO3/c1-8(2)10(7-14(16)17)11-6-12(15)13(18-4)5-9(11)3/h5-6,8,10H,7H2,1-4H3,(H,16,17). The van der Waals surface area contributed by atoms with Gasteiger partial charge in [0.1, 0.15) is 5.75 Å². The fourth-order valence-corrected chi connectivity index (χ4v) is 2.37. The second kappa shape index (κ2) is 6.10. The summed E-state index contributed by atoms with van der Waals surface area (Å²) in [5.74, 6) is 0.0333. The summed E-state index contributed by atoms with van der Waals surface area (Å²) in [5, 5.41) is 9.52. The molecule has 0 aliphatic heterocycles. The third-order valence-corrected chi connectivity index (χ3v) is 3.43. The van der Waals surface area contributed by atoms with Crippen molar-refractivity contribution in [3.05, 3.63) is 28.3 Å². The third-order valence-electron chi connectivity index (χ3n) is 3.14. The van der Waals surface area contributed by atoms with Gasteiger partial charge in [-0.2, -0.15) is 0 Å². The van der Waals surface area contributed by atoms with Crippen LogP contribution < -0.4 is 4.74 Å². The van der Waals surface area contributed by atoms with Crippen molar-refractivity contribution in [3.8, 4) is 5.75 Å². The van der Waals surface area contributed by atoms with Gasteiger partial charge < -0.3 is 9.84 Å². The summed E-state index contributed by atoms with van der Waals surface area (Å²) in [4.78, 5) is 10.9. The molecule has 1 unspecified atom stereocenters. The minimum Gasteiger partial charge on any atom is -0.495 e. The molecule has 0 amide bonds. The van der Waals surface area contributed by atoms with Crippen molar-refractivity contribution in [3.63, 3.8) is 0 Å². The largest absolute Gasteiger partial charge is 0.495 e. The van der Waals surface area contributed by atoms with Gasteiger partial charge in [0, 0.05) is 0 Å². The molecule has 0 spiro atoms. The van der Waals surface area contributed by atoms with E-state index in [0.29, 0.717) is 10.8 Å². The lowest BCUT2D eigenvalue weighted by Crippen LogP contribution is -2.13. The van der Waals surface area contributed by atoms with Crippen LogP contribution in [0.2, 0.25) is 5.02 Å². The lowest BCUT2D eigenvalue weighted by molar-refractivity contribution is -0.137. The Kier molecular flexibility index (Phi) is 5.03. The Balaban J connectivity index is 3.20. The molecule has 0 aliphatic rings. The monoisotopic (exact) mass is 270 g/mol. The van der Waals surface area contributed by atoms with Gasteiger partial charge in [-0.3, -0.25) is 4.79 Å². The first kappa shape index (κ1) is 14.8. The molecule has 1 aromatic carbocycles. The van der Waals surface area contributed by atoms with Crippen LogP contribution >= 0.6 is 11.6 Å². The smallest absolute Gasteiger partial charge is 0.303 e. The molecule has 0 aromatic heterocycles. The highest BCUT2D eigenvalue weighted by atomic mass is 35.5. The van der Waals surface area contributed by atoms with Gasteiger partial charge in [0.25, 0.3) is 0 Å². The molecule has 1 N–H and O–H groups in total. The molecule has 100 valence electrons. The van der Waals surface area contributed by atoms with E-state index in [2.05, 4.69) is 0 Å². The van der Waals surface area contributed by atoms with E-state index in [0.717, 1.165) is 11.1 Å². The fraction of sp³-hybridized carbons (Fsp3) is 0.500. The van der Waals surface area contributed by atoms with Crippen LogP contribution in [0.3, 0.4) is 0 Å². The van der Waals surface area contributed by atoms with Crippen LogP contribution in [0.25, 0.3) is 0 Å². The maximum Gasteiger partial charge on any atom is 0.303 e. The van der Waals surface area contributed by atoms with Gasteiger partial charge >= 0.3 is 5.97 Å². The van der Waals surface area contributed by atoms with Crippen molar-refractivity contribution in [2.45, 2.75) is 33.1 Å². The Labute approximate surface area is 113 Å². The number of hydrogen-bond acceptors (Lipinski definition) is 2. The molecule has 0 radical (unpaired) electrons. The number of methoxy groups -OCH3 is 1. The normalized spacial score (nSPS) is 12.6. The molecule has 0 saturated carbocycles. The molecule has 1 rings (SSSR count). The molecular formula is C14H19ClO3. The summed E-state index contributed by atoms with van der Waals surface area (Å²) in [6.07, 6.45) is 0.112. The molecule has 0 heterocycles. The minimum absolute atomic E-state index is 0.0362. The summed E-state index contributed by atoms with van der Waals surface area (Å²) in [5.41, 5.74) is 1.99. The second-order valence-electron chi connectivity index (χ2n) is 4.79. The number of ether oxygens (including phenoxy) is 1. The molecular weight excluding hydrogens is 252 g/mol. The highest BCUT2D eigenvalue weighted by Gasteiger charge is 2.22. The zero-order chi connectivity index (χ0) is 13.9. The molecule has 0 saturated heterocycles. The van der Waals surface area contributed by atoms with Crippen molar-refractivity contribution in [2.75, 3.05) is 7.11 Å². The van der Waals surface area contributed by atoms with Crippen LogP contribution in [0.5, 0.6) is 5.75 Å². The lowest BCUT2D eigenvalue weighted by atomic mass is 9.83. The van der Waals surface area contributed by atoms with Gasteiger partial charge in [-0.15, -0.1) is 0 Å². The zero-order valence-corrected chi connectivity index (χ0v) is 11.9. The first-order valence-corrected chi connectivity index (χ1v) is 6.30. The van der Waals surface area contributed by atoms with E-state index >= 15 is 0 Å². The Morgan fingerprint density at radius 1 is 1.44 bits per heavy atom. The van der Waals surface area contributed by atoms with E-state index in [-0.39, 0.29) is 18.3 Å². The molecule has 1 aromatic rings. The topological polar surface area (TPSA) is 46.5 Å². The molecule has 1 atom stereocenters. The molecule has 0 bridgehead atoms. The Hall–Kier alpha value is -1.22. The van der Waals surface area contributed by atoms with Crippen LogP contribution in [0.1, 0.15) is 37.3 Å². The van der Waals surface area contributed by atoms with E-state index in [1.165, 1.54) is 0 Å². The number of carbonyl (C=O) groups is 1. The highest BCUT2D eigenvalue weighted by Crippen LogP contribution is 2.36. The molecule has 4 heteroatoms. The van der Waals surface area contributed by atoms with Crippen LogP contribution in [-0.2, 0) is 4.79 Å². The summed E-state index contributed by atoms with van der Waals surface area (Å²) >= 11 is 6.11. The highest BCUT2D eigenvalue weighted by molar-refractivity contribution is 6.32. The maximum atomic E-state index is 10.9. The lowest BCUT2D eigenvalue weighted by Gasteiger charge is -2.22. The second-order valence-corrected chi connectivity index (χ2v) is 5.20. The third kappa shape index (κ3) is 3.39. The molecule has 0 aliphatic carbocycles. The van der Waals surface area contributed by atoms with E-state index < -0.39 is 5.97 Å². The first-order valence-electron chi connectivity index (χ1n) is 5.92. The van der Waals surface area contributed by atoms with Crippen LogP contribution in [0.4, 0.5) is 0 Å². The number of carboxylic acid groups (broad SMARTS) is 1. The number of aliphatic carboxylic acids is 1. The zero-order valence-electron chi connectivity index (χ0n) is 11.2. The summed E-state index contributed by atoms with van der Waals surface area (Å²) in [6, 6.07) is 3.68. The average Bonchev–Trinajstić information content (AvgIpc) is 2.28. The summed E-state index contributed by atoms with van der Waals surface area (Å²) in [7, 11) is 1.57. The number of benzene rings is 1. The van der Waals surface area contributed by atoms with Crippen LogP contribution in [-0.4, -0.2) is 18.2 Å². The Morgan fingerprint density at radius 2 is 2.06 bits per heavy atom. The van der Waals surface area contributed by atoms with Gasteiger partial charge in [-0.1, -0.05) is 25.4 Å². The molecule has 3 nitrogen and oxygen atoms in total. The van der Waals surface area contributed by atoms with E-state index in [1.807, 2.05) is 32.9 Å². The number of carboxylic acids is 1. The molecule has 0 fully saturated rings. The number of rotatable bonds is 5. The quantitative estimate of drug-likeness (QED) is 0.883. The molecule has 18 heavy (non-hydrogen) atoms. The van der Waals surface area contributed by atoms with Crippen molar-refractivity contribution >= 4 is 17.6 Å². The summed E-state index contributed by atoms with van der Waals surface area (Å²) < 4.78 is 5.15. The van der Waals surface area contributed by atoms with Gasteiger partial charge in [0.15, 0.2) is 0 Å². The van der Waals surface area contributed by atoms with Crippen molar-refractivity contribution in [2.24, 2.45) is 5.92 Å². The number of hydrogen-bond donors (Lipinski definition) is 1. The van der Waals surface area contributed by atoms with E-state index in [4.69, 9.17) is 21.4 Å². The van der Waals surface area contributed by atoms with Crippen LogP contribution in [0.15, 0.2) is 12.1 Å². The van der Waals surface area contributed by atoms with E-state index in [9.17, 15) is 4.79 Å². The maximum absolute atomic E-state index is 10.9. The predicted octanol–water partition coefficient (Wildman–Crippen LogP) is 3.87. The SMILES string of the molecule is COc1cc(C)c(C(CC(=O)O)C(C)C)cc1Cl. The van der Waals surface area contributed by atoms with Gasteiger partial charge in [0.05, 0.1) is 18.6 Å². The van der Waals surface area contributed by atoms with Gasteiger partial charge in [-0.05, 0) is 42.0 Å². The number of aryl methyl sites for hydroxylation is 1. The first-order chi connectivity index (χ1) is 8.36. The van der Waals surface area contributed by atoms with Crippen molar-refractivity contribution in [1.82, 2.24) is 0 Å². The van der Waals surface area contributed by atoms with Crippen molar-refractivity contribution in [1.29, 1.82) is 0 Å². The van der Waals surface area contributed by atoms with E-state index in [1.54, 1.807) is 7.11 Å². The predicted molar refractivity (Wildman–Crippen MR) is 72.6 cm³/mol. The van der Waals surface area contributed by atoms with Gasteiger partial charge in [0.2, 0.25) is 0 Å². The summed E-state index contributed by atoms with van der Waals surface area (Å²) in [6.45, 7) is 5.99. The van der Waals surface area contributed by atoms with Crippen molar-refractivity contribution < 1.29 is 14.6 Å². The Morgan fingerprint density at radius 3 is 2.50 bits per heavy atom. The Bertz CT molecular complexity index is 441. The fourth-order valence-electron chi connectivity index (χ4n) is 2.12.